The Morgan fingerprint density at radius 3 is 1.93 bits per heavy atom. The van der Waals surface area contributed by atoms with Crippen LogP contribution < -0.4 is 0 Å². The summed E-state index contributed by atoms with van der Waals surface area (Å²) >= 11 is 0. The summed E-state index contributed by atoms with van der Waals surface area (Å²) in [5.41, 5.74) is 0. The summed E-state index contributed by atoms with van der Waals surface area (Å²) in [6.45, 7) is 8.80. The normalized spacial score (nSPS) is 7.29. The molecule has 84 valence electrons. The first kappa shape index (κ1) is 18.7. The molecule has 0 aliphatic heterocycles. The first-order valence-electron chi connectivity index (χ1n) is 4.54. The van der Waals surface area contributed by atoms with Gasteiger partial charge in [0.1, 0.15) is 0 Å². The number of carbonyl (C=O) groups is 1. The number of ether oxygens (including phenoxy) is 1. The zero-order chi connectivity index (χ0) is 12.0. The summed E-state index contributed by atoms with van der Waals surface area (Å²) in [4.78, 5) is 9.98. The molecule has 0 aliphatic rings. The minimum atomic E-state index is -0.193. The average molecular weight is 203 g/mol. The first-order valence-corrected chi connectivity index (χ1v) is 4.54. The van der Waals surface area contributed by atoms with Crippen LogP contribution in [0, 0.1) is 11.3 Å². The lowest BCUT2D eigenvalue weighted by atomic mass is 10.5. The van der Waals surface area contributed by atoms with Crippen molar-refractivity contribution in [1.82, 2.24) is 0 Å². The highest BCUT2D eigenvalue weighted by Crippen LogP contribution is 1.78. The van der Waals surface area contributed by atoms with E-state index in [1.54, 1.807) is 19.9 Å². The second-order valence-electron chi connectivity index (χ2n) is 2.66. The van der Waals surface area contributed by atoms with Crippen LogP contribution in [0.1, 0.15) is 41.0 Å². The number of carbonyl (C=O) groups excluding carboxylic acids is 1. The van der Waals surface area contributed by atoms with E-state index >= 15 is 0 Å². The highest BCUT2D eigenvalue weighted by atomic mass is 16.5. The largest absolute Gasteiger partial charge is 0.466 e. The number of rotatable bonds is 2. The van der Waals surface area contributed by atoms with E-state index in [0.717, 1.165) is 6.42 Å². The monoisotopic (exact) mass is 203 g/mol. The Hall–Kier alpha value is -1.08. The Morgan fingerprint density at radius 2 is 1.86 bits per heavy atom. The Balaban J connectivity index is -0.000000147. The fourth-order valence-electron chi connectivity index (χ4n) is 0.246. The fraction of sp³-hybridized carbons (Fsp3) is 0.800. The maximum Gasteiger partial charge on any atom is 0.302 e. The molecule has 0 aromatic carbocycles. The maximum atomic E-state index is 9.98. The molecule has 0 spiro atoms. The lowest BCUT2D eigenvalue weighted by molar-refractivity contribution is -0.140. The van der Waals surface area contributed by atoms with Crippen molar-refractivity contribution in [2.24, 2.45) is 0 Å². The van der Waals surface area contributed by atoms with E-state index in [0.29, 0.717) is 6.61 Å². The molecule has 0 radical (unpaired) electrons. The highest BCUT2D eigenvalue weighted by Gasteiger charge is 1.85. The topological polar surface area (TPSA) is 70.3 Å². The second kappa shape index (κ2) is 17.9. The van der Waals surface area contributed by atoms with Crippen LogP contribution in [-0.2, 0) is 9.53 Å². The molecular weight excluding hydrogens is 182 g/mol. The van der Waals surface area contributed by atoms with Gasteiger partial charge in [-0.1, -0.05) is 6.92 Å². The summed E-state index contributed by atoms with van der Waals surface area (Å²) in [6.07, 6.45) is 0.736. The van der Waals surface area contributed by atoms with Crippen LogP contribution in [0.5, 0.6) is 0 Å². The molecule has 1 N–H and O–H groups in total. The Labute approximate surface area is 86.5 Å². The lowest BCUT2D eigenvalue weighted by Gasteiger charge is -1.93. The van der Waals surface area contributed by atoms with E-state index in [-0.39, 0.29) is 12.1 Å². The van der Waals surface area contributed by atoms with Crippen molar-refractivity contribution in [3.63, 3.8) is 0 Å². The molecule has 0 rings (SSSR count). The molecule has 0 aromatic rings. The first-order chi connectivity index (χ1) is 6.42. The van der Waals surface area contributed by atoms with Gasteiger partial charge in [0.05, 0.1) is 12.7 Å². The number of nitrogens with zero attached hydrogens (tertiary/aromatic N) is 1. The lowest BCUT2D eigenvalue weighted by Crippen LogP contribution is -1.98. The predicted molar refractivity (Wildman–Crippen MR) is 55.6 cm³/mol. The summed E-state index contributed by atoms with van der Waals surface area (Å²) < 4.78 is 4.55. The van der Waals surface area contributed by atoms with Gasteiger partial charge in [0, 0.05) is 20.0 Å². The van der Waals surface area contributed by atoms with E-state index in [2.05, 4.69) is 4.74 Å². The van der Waals surface area contributed by atoms with E-state index in [1.165, 1.54) is 13.8 Å². The Morgan fingerprint density at radius 1 is 1.57 bits per heavy atom. The molecule has 0 unspecified atom stereocenters. The van der Waals surface area contributed by atoms with Crippen LogP contribution in [-0.4, -0.2) is 23.8 Å². The van der Waals surface area contributed by atoms with Crippen molar-refractivity contribution in [3.8, 4) is 6.07 Å². The van der Waals surface area contributed by atoms with Crippen molar-refractivity contribution in [2.75, 3.05) is 6.61 Å². The minimum absolute atomic E-state index is 0.167. The number of hydrogen-bond donors (Lipinski definition) is 1. The van der Waals surface area contributed by atoms with Crippen LogP contribution in [0.15, 0.2) is 0 Å². The summed E-state index contributed by atoms with van der Waals surface area (Å²) in [6, 6.07) is 1.75. The number of esters is 1. The quantitative estimate of drug-likeness (QED) is 0.695. The third-order valence-corrected chi connectivity index (χ3v) is 0.509. The van der Waals surface area contributed by atoms with Crippen LogP contribution in [0.3, 0.4) is 0 Å². The zero-order valence-electron chi connectivity index (χ0n) is 9.70. The van der Waals surface area contributed by atoms with Crippen molar-refractivity contribution in [2.45, 2.75) is 47.1 Å². The molecule has 0 aliphatic carbocycles. The minimum Gasteiger partial charge on any atom is -0.466 e. The molecule has 0 fully saturated rings. The molecular formula is C10H21NO3. The van der Waals surface area contributed by atoms with Crippen molar-refractivity contribution in [1.29, 1.82) is 5.26 Å². The second-order valence-corrected chi connectivity index (χ2v) is 2.66. The van der Waals surface area contributed by atoms with E-state index in [4.69, 9.17) is 10.4 Å². The molecule has 0 saturated carbocycles. The van der Waals surface area contributed by atoms with Gasteiger partial charge in [-0.15, -0.1) is 0 Å². The molecule has 4 heteroatoms. The van der Waals surface area contributed by atoms with Gasteiger partial charge in [0.25, 0.3) is 0 Å². The maximum absolute atomic E-state index is 9.98. The van der Waals surface area contributed by atoms with Gasteiger partial charge in [-0.25, -0.2) is 0 Å². The van der Waals surface area contributed by atoms with Crippen LogP contribution in [0.4, 0.5) is 0 Å². The molecule has 0 saturated heterocycles. The number of aliphatic hydroxyl groups excluding tert-OH is 1. The highest BCUT2D eigenvalue weighted by molar-refractivity contribution is 5.65. The number of aliphatic hydroxyl groups is 1. The Bertz CT molecular complexity index is 147. The molecule has 4 nitrogen and oxygen atoms in total. The number of hydrogen-bond acceptors (Lipinski definition) is 4. The van der Waals surface area contributed by atoms with Gasteiger partial charge >= 0.3 is 5.97 Å². The smallest absolute Gasteiger partial charge is 0.302 e. The molecule has 0 bridgehead atoms. The molecule has 0 aromatic heterocycles. The van der Waals surface area contributed by atoms with E-state index < -0.39 is 0 Å². The summed E-state index contributed by atoms with van der Waals surface area (Å²) in [5.74, 6) is -0.193. The van der Waals surface area contributed by atoms with Gasteiger partial charge in [-0.05, 0) is 20.3 Å². The Kier molecular flexibility index (Phi) is 23.8. The van der Waals surface area contributed by atoms with Gasteiger partial charge in [-0.2, -0.15) is 5.26 Å². The van der Waals surface area contributed by atoms with E-state index in [9.17, 15) is 4.79 Å². The molecule has 14 heavy (non-hydrogen) atoms. The molecule has 0 amide bonds. The summed E-state index contributed by atoms with van der Waals surface area (Å²) in [5, 5.41) is 15.4. The van der Waals surface area contributed by atoms with Crippen molar-refractivity contribution in [3.05, 3.63) is 0 Å². The molecule has 0 heterocycles. The molecule has 0 atom stereocenters. The van der Waals surface area contributed by atoms with Crippen molar-refractivity contribution < 1.29 is 14.6 Å². The van der Waals surface area contributed by atoms with Gasteiger partial charge in [0.2, 0.25) is 0 Å². The predicted octanol–water partition coefficient (Wildman–Crippen LogP) is 1.88. The summed E-state index contributed by atoms with van der Waals surface area (Å²) in [7, 11) is 0. The zero-order valence-corrected chi connectivity index (χ0v) is 9.70. The van der Waals surface area contributed by atoms with Gasteiger partial charge in [0.15, 0.2) is 0 Å². The third-order valence-electron chi connectivity index (χ3n) is 0.509. The fourth-order valence-corrected chi connectivity index (χ4v) is 0.246. The average Bonchev–Trinajstić information content (AvgIpc) is 2.01. The SMILES string of the molecule is CC#N.CC(C)O.CCCOC(C)=O. The van der Waals surface area contributed by atoms with Crippen LogP contribution in [0.2, 0.25) is 0 Å². The van der Waals surface area contributed by atoms with Gasteiger partial charge < -0.3 is 9.84 Å². The third kappa shape index (κ3) is 126. The van der Waals surface area contributed by atoms with E-state index in [1.807, 2.05) is 6.92 Å². The van der Waals surface area contributed by atoms with Gasteiger partial charge in [-0.3, -0.25) is 4.79 Å². The number of nitriles is 1. The van der Waals surface area contributed by atoms with Crippen LogP contribution >= 0.6 is 0 Å². The van der Waals surface area contributed by atoms with Crippen LogP contribution in [0.25, 0.3) is 0 Å². The van der Waals surface area contributed by atoms with Crippen molar-refractivity contribution >= 4 is 5.97 Å². The standard InChI is InChI=1S/C5H10O2.C3H8O.C2H3N/c1-3-4-7-5(2)6;1-3(2)4;1-2-3/h3-4H2,1-2H3;3-4H,1-2H3;1H3.